The molecule has 1 N–H and O–H groups in total. The van der Waals surface area contributed by atoms with Crippen LogP contribution in [-0.4, -0.2) is 30.8 Å². The summed E-state index contributed by atoms with van der Waals surface area (Å²) in [5, 5.41) is 10.2. The molecule has 0 saturated heterocycles. The van der Waals surface area contributed by atoms with Crippen LogP contribution in [-0.2, 0) is 31.3 Å². The lowest BCUT2D eigenvalue weighted by atomic mass is 9.93. The Hall–Kier alpha value is -3.28. The first-order valence-corrected chi connectivity index (χ1v) is 11.5. The summed E-state index contributed by atoms with van der Waals surface area (Å²) < 4.78 is 14.3. The van der Waals surface area contributed by atoms with Crippen LogP contribution < -0.4 is 18.9 Å². The number of pyridine rings is 1. The van der Waals surface area contributed by atoms with Gasteiger partial charge in [0.2, 0.25) is 11.2 Å². The van der Waals surface area contributed by atoms with E-state index in [9.17, 15) is 4.79 Å². The SMILES string of the molecule is C[n+]1c2c(cc3cc4c(cc31)CCO4)COc1cc3c(cc1-2)CCCN3CCCC(=O)O. The Labute approximate surface area is 187 Å². The maximum absolute atomic E-state index is 10.9. The van der Waals surface area contributed by atoms with Crippen molar-refractivity contribution in [3.8, 4) is 22.8 Å². The van der Waals surface area contributed by atoms with Gasteiger partial charge in [0.05, 0.1) is 23.1 Å². The second-order valence-electron chi connectivity index (χ2n) is 9.05. The van der Waals surface area contributed by atoms with Gasteiger partial charge in [-0.05, 0) is 43.0 Å². The van der Waals surface area contributed by atoms with Gasteiger partial charge >= 0.3 is 5.97 Å². The number of benzene rings is 2. The first-order chi connectivity index (χ1) is 15.6. The number of rotatable bonds is 4. The molecule has 0 amide bonds. The zero-order chi connectivity index (χ0) is 21.8. The summed E-state index contributed by atoms with van der Waals surface area (Å²) in [4.78, 5) is 13.3. The van der Waals surface area contributed by atoms with Crippen molar-refractivity contribution in [2.24, 2.45) is 7.05 Å². The average molecular weight is 432 g/mol. The topological polar surface area (TPSA) is 62.9 Å². The predicted molar refractivity (Wildman–Crippen MR) is 121 cm³/mol. The highest BCUT2D eigenvalue weighted by Gasteiger charge is 2.31. The minimum atomic E-state index is -0.732. The summed E-state index contributed by atoms with van der Waals surface area (Å²) in [6, 6.07) is 11.2. The summed E-state index contributed by atoms with van der Waals surface area (Å²) in [5.41, 5.74) is 8.59. The molecule has 1 aromatic heterocycles. The fourth-order valence-electron chi connectivity index (χ4n) is 5.49. The molecule has 6 heteroatoms. The number of carbonyl (C=O) groups is 1. The number of hydrogen-bond donors (Lipinski definition) is 1. The Kier molecular flexibility index (Phi) is 4.49. The minimum Gasteiger partial charge on any atom is -0.493 e. The minimum absolute atomic E-state index is 0.207. The van der Waals surface area contributed by atoms with Crippen LogP contribution in [0.3, 0.4) is 0 Å². The molecule has 0 spiro atoms. The quantitative estimate of drug-likeness (QED) is 0.637. The maximum atomic E-state index is 10.9. The first kappa shape index (κ1) is 19.4. The Morgan fingerprint density at radius 3 is 2.84 bits per heavy atom. The Morgan fingerprint density at radius 1 is 1.06 bits per heavy atom. The van der Waals surface area contributed by atoms with Crippen LogP contribution in [0, 0.1) is 0 Å². The zero-order valence-electron chi connectivity index (χ0n) is 18.3. The van der Waals surface area contributed by atoms with Gasteiger partial charge in [-0.3, -0.25) is 4.79 Å². The van der Waals surface area contributed by atoms with E-state index in [-0.39, 0.29) is 6.42 Å². The van der Waals surface area contributed by atoms with E-state index in [1.165, 1.54) is 39.0 Å². The average Bonchev–Trinajstić information content (AvgIpc) is 3.24. The Morgan fingerprint density at radius 2 is 1.97 bits per heavy atom. The van der Waals surface area contributed by atoms with Gasteiger partial charge in [0, 0.05) is 49.3 Å². The summed E-state index contributed by atoms with van der Waals surface area (Å²) in [6.07, 6.45) is 3.95. The van der Waals surface area contributed by atoms with E-state index in [0.717, 1.165) is 56.0 Å². The molecule has 0 unspecified atom stereocenters. The molecule has 32 heavy (non-hydrogen) atoms. The van der Waals surface area contributed by atoms with E-state index in [1.807, 2.05) is 0 Å². The van der Waals surface area contributed by atoms with Gasteiger partial charge in [0.25, 0.3) is 0 Å². The summed E-state index contributed by atoms with van der Waals surface area (Å²) in [5.74, 6) is 1.19. The lowest BCUT2D eigenvalue weighted by Gasteiger charge is -2.33. The molecule has 0 bridgehead atoms. The van der Waals surface area contributed by atoms with Crippen LogP contribution in [0.5, 0.6) is 11.5 Å². The largest absolute Gasteiger partial charge is 0.493 e. The van der Waals surface area contributed by atoms with Gasteiger partial charge in [-0.25, -0.2) is 0 Å². The van der Waals surface area contributed by atoms with Crippen molar-refractivity contribution < 1.29 is 23.9 Å². The second kappa shape index (κ2) is 7.40. The van der Waals surface area contributed by atoms with E-state index in [1.54, 1.807) is 0 Å². The van der Waals surface area contributed by atoms with Crippen molar-refractivity contribution in [2.75, 3.05) is 24.6 Å². The summed E-state index contributed by atoms with van der Waals surface area (Å²) in [7, 11) is 2.15. The number of carboxylic acids is 1. The summed E-state index contributed by atoms with van der Waals surface area (Å²) in [6.45, 7) is 3.03. The van der Waals surface area contributed by atoms with E-state index >= 15 is 0 Å². The number of hydrogen-bond acceptors (Lipinski definition) is 4. The number of aromatic nitrogens is 1. The monoisotopic (exact) mass is 431 g/mol. The second-order valence-corrected chi connectivity index (χ2v) is 9.05. The zero-order valence-corrected chi connectivity index (χ0v) is 18.3. The molecule has 3 aliphatic rings. The normalized spacial score (nSPS) is 16.0. The van der Waals surface area contributed by atoms with E-state index in [4.69, 9.17) is 14.6 Å². The molecule has 6 rings (SSSR count). The third-order valence-electron chi connectivity index (χ3n) is 7.02. The van der Waals surface area contributed by atoms with Crippen LogP contribution in [0.15, 0.2) is 30.3 Å². The van der Waals surface area contributed by atoms with Crippen molar-refractivity contribution in [1.29, 1.82) is 0 Å². The molecule has 0 fully saturated rings. The molecule has 2 aromatic carbocycles. The highest BCUT2D eigenvalue weighted by atomic mass is 16.5. The van der Waals surface area contributed by atoms with Crippen molar-refractivity contribution in [1.82, 2.24) is 0 Å². The molecule has 164 valence electrons. The van der Waals surface area contributed by atoms with Crippen LogP contribution in [0.2, 0.25) is 0 Å². The van der Waals surface area contributed by atoms with Crippen molar-refractivity contribution in [3.63, 3.8) is 0 Å². The molecule has 4 heterocycles. The standard InChI is InChI=1S/C26H26N2O4/c1-27-21-12-17-6-9-31-23(17)13-18(21)10-19-15-32-24-14-22-16(11-20(24)26(19)27)4-2-7-28(22)8-3-5-25(29)30/h10-14H,2-9,15H2,1H3/p+1. The number of aryl methyl sites for hydroxylation is 2. The molecule has 0 radical (unpaired) electrons. The lowest BCUT2D eigenvalue weighted by Crippen LogP contribution is -2.35. The van der Waals surface area contributed by atoms with Gasteiger partial charge in [-0.15, -0.1) is 0 Å². The smallest absolute Gasteiger partial charge is 0.303 e. The molecule has 0 aliphatic carbocycles. The van der Waals surface area contributed by atoms with E-state index < -0.39 is 5.97 Å². The van der Waals surface area contributed by atoms with Crippen LogP contribution in [0.1, 0.15) is 36.0 Å². The molecule has 0 saturated carbocycles. The van der Waals surface area contributed by atoms with Gasteiger partial charge in [-0.2, -0.15) is 4.57 Å². The van der Waals surface area contributed by atoms with Crippen LogP contribution in [0.4, 0.5) is 5.69 Å². The third kappa shape index (κ3) is 3.08. The lowest BCUT2D eigenvalue weighted by molar-refractivity contribution is -0.634. The van der Waals surface area contributed by atoms with Gasteiger partial charge in [0.1, 0.15) is 25.2 Å². The number of anilines is 1. The van der Waals surface area contributed by atoms with Crippen molar-refractivity contribution in [3.05, 3.63) is 47.0 Å². The number of nitrogens with zero attached hydrogens (tertiary/aromatic N) is 2. The van der Waals surface area contributed by atoms with Crippen molar-refractivity contribution >= 4 is 22.6 Å². The molecular formula is C26H27N2O4+. The highest BCUT2D eigenvalue weighted by Crippen LogP contribution is 2.43. The van der Waals surface area contributed by atoms with E-state index in [0.29, 0.717) is 13.0 Å². The first-order valence-electron chi connectivity index (χ1n) is 11.5. The molecular weight excluding hydrogens is 404 g/mol. The van der Waals surface area contributed by atoms with E-state index in [2.05, 4.69) is 46.8 Å². The molecule has 3 aromatic rings. The summed E-state index contributed by atoms with van der Waals surface area (Å²) >= 11 is 0. The third-order valence-corrected chi connectivity index (χ3v) is 7.02. The predicted octanol–water partition coefficient (Wildman–Crippen LogP) is 3.78. The van der Waals surface area contributed by atoms with Crippen molar-refractivity contribution in [2.45, 2.75) is 38.7 Å². The molecule has 0 atom stereocenters. The fourth-order valence-corrected chi connectivity index (χ4v) is 5.49. The number of fused-ring (bicyclic) bond motifs is 6. The maximum Gasteiger partial charge on any atom is 0.303 e. The van der Waals surface area contributed by atoms with Crippen LogP contribution in [0.25, 0.3) is 22.2 Å². The fraction of sp³-hybridized carbons (Fsp3) is 0.385. The Balaban J connectivity index is 1.43. The number of aliphatic carboxylic acids is 1. The number of carboxylic acid groups (broad SMARTS) is 1. The van der Waals surface area contributed by atoms with Gasteiger partial charge in [0.15, 0.2) is 0 Å². The molecule has 6 nitrogen and oxygen atoms in total. The Bertz CT molecular complexity index is 1270. The van der Waals surface area contributed by atoms with Gasteiger partial charge < -0.3 is 19.5 Å². The van der Waals surface area contributed by atoms with Gasteiger partial charge in [-0.1, -0.05) is 0 Å². The highest BCUT2D eigenvalue weighted by molar-refractivity contribution is 5.84. The number of ether oxygens (including phenoxy) is 2. The van der Waals surface area contributed by atoms with Crippen LogP contribution >= 0.6 is 0 Å². The molecule has 3 aliphatic heterocycles.